The minimum Gasteiger partial charge on any atom is -0.383 e. The summed E-state index contributed by atoms with van der Waals surface area (Å²) in [6, 6.07) is 0.503. The molecule has 0 aliphatic heterocycles. The van der Waals surface area contributed by atoms with E-state index in [0.29, 0.717) is 12.6 Å². The summed E-state index contributed by atoms with van der Waals surface area (Å²) in [6.45, 7) is 8.05. The standard InChI is InChI=1S/C14H27N3O/c1-5-6-7-8-13(3)17-11-12(2)16-14(17)15-9-10-18-4/h11,13H,5-10H2,1-4H3,(H,15,16). The molecule has 0 aromatic carbocycles. The number of aromatic nitrogens is 2. The zero-order chi connectivity index (χ0) is 13.4. The van der Waals surface area contributed by atoms with Gasteiger partial charge in [0, 0.05) is 25.9 Å². The summed E-state index contributed by atoms with van der Waals surface area (Å²) in [5, 5.41) is 3.33. The highest BCUT2D eigenvalue weighted by Gasteiger charge is 2.11. The Kier molecular flexibility index (Phi) is 6.80. The van der Waals surface area contributed by atoms with Crippen molar-refractivity contribution in [2.75, 3.05) is 25.6 Å². The third kappa shape index (κ3) is 4.69. The summed E-state index contributed by atoms with van der Waals surface area (Å²) < 4.78 is 7.30. The molecule has 1 unspecified atom stereocenters. The molecule has 0 saturated heterocycles. The quantitative estimate of drug-likeness (QED) is 0.686. The molecule has 0 aliphatic rings. The van der Waals surface area contributed by atoms with Gasteiger partial charge in [0.05, 0.1) is 12.3 Å². The van der Waals surface area contributed by atoms with Gasteiger partial charge >= 0.3 is 0 Å². The van der Waals surface area contributed by atoms with Crippen LogP contribution >= 0.6 is 0 Å². The summed E-state index contributed by atoms with van der Waals surface area (Å²) in [6.07, 6.45) is 7.21. The van der Waals surface area contributed by atoms with Crippen LogP contribution in [0.15, 0.2) is 6.20 Å². The first-order chi connectivity index (χ1) is 8.69. The molecule has 0 saturated carbocycles. The SMILES string of the molecule is CCCCCC(C)n1cc(C)nc1NCCOC. The van der Waals surface area contributed by atoms with Gasteiger partial charge in [-0.05, 0) is 20.3 Å². The molecule has 4 nitrogen and oxygen atoms in total. The number of rotatable bonds is 9. The smallest absolute Gasteiger partial charge is 0.203 e. The van der Waals surface area contributed by atoms with Gasteiger partial charge in [-0.1, -0.05) is 26.2 Å². The van der Waals surface area contributed by atoms with Gasteiger partial charge in [0.15, 0.2) is 0 Å². The molecular formula is C14H27N3O. The van der Waals surface area contributed by atoms with Crippen LogP contribution in [-0.4, -0.2) is 29.8 Å². The molecule has 0 aliphatic carbocycles. The van der Waals surface area contributed by atoms with Gasteiger partial charge in [0.25, 0.3) is 0 Å². The van der Waals surface area contributed by atoms with Crippen molar-refractivity contribution in [3.63, 3.8) is 0 Å². The molecule has 1 aromatic heterocycles. The van der Waals surface area contributed by atoms with E-state index in [2.05, 4.69) is 34.9 Å². The van der Waals surface area contributed by atoms with Gasteiger partial charge in [0.1, 0.15) is 0 Å². The Morgan fingerprint density at radius 2 is 2.22 bits per heavy atom. The maximum atomic E-state index is 5.05. The van der Waals surface area contributed by atoms with E-state index in [1.807, 2.05) is 6.92 Å². The lowest BCUT2D eigenvalue weighted by atomic mass is 10.1. The van der Waals surface area contributed by atoms with E-state index in [4.69, 9.17) is 4.74 Å². The molecule has 1 N–H and O–H groups in total. The highest BCUT2D eigenvalue weighted by atomic mass is 16.5. The maximum absolute atomic E-state index is 5.05. The number of anilines is 1. The van der Waals surface area contributed by atoms with Crippen LogP contribution in [0.4, 0.5) is 5.95 Å². The van der Waals surface area contributed by atoms with E-state index >= 15 is 0 Å². The van der Waals surface area contributed by atoms with E-state index in [1.165, 1.54) is 25.7 Å². The molecule has 0 spiro atoms. The van der Waals surface area contributed by atoms with E-state index in [1.54, 1.807) is 7.11 Å². The highest BCUT2D eigenvalue weighted by Crippen LogP contribution is 2.20. The van der Waals surface area contributed by atoms with E-state index in [-0.39, 0.29) is 0 Å². The first kappa shape index (κ1) is 15.0. The van der Waals surface area contributed by atoms with Crippen LogP contribution < -0.4 is 5.32 Å². The average molecular weight is 253 g/mol. The van der Waals surface area contributed by atoms with E-state index in [9.17, 15) is 0 Å². The molecule has 1 aromatic rings. The monoisotopic (exact) mass is 253 g/mol. The molecule has 4 heteroatoms. The number of nitrogens with zero attached hydrogens (tertiary/aromatic N) is 2. The molecule has 0 fully saturated rings. The summed E-state index contributed by atoms with van der Waals surface area (Å²) in [7, 11) is 1.72. The van der Waals surface area contributed by atoms with Crippen molar-refractivity contribution in [1.29, 1.82) is 0 Å². The van der Waals surface area contributed by atoms with Crippen molar-refractivity contribution < 1.29 is 4.74 Å². The van der Waals surface area contributed by atoms with Gasteiger partial charge < -0.3 is 14.6 Å². The van der Waals surface area contributed by atoms with E-state index in [0.717, 1.165) is 18.2 Å². The number of hydrogen-bond donors (Lipinski definition) is 1. The molecule has 0 amide bonds. The summed E-state index contributed by atoms with van der Waals surface area (Å²) in [5.41, 5.74) is 1.07. The molecule has 0 bridgehead atoms. The topological polar surface area (TPSA) is 39.1 Å². The van der Waals surface area contributed by atoms with Crippen LogP contribution in [0, 0.1) is 6.92 Å². The second kappa shape index (κ2) is 8.14. The number of unbranched alkanes of at least 4 members (excludes halogenated alkanes) is 2. The van der Waals surface area contributed by atoms with Gasteiger partial charge in [-0.3, -0.25) is 0 Å². The lowest BCUT2D eigenvalue weighted by molar-refractivity contribution is 0.210. The Bertz CT molecular complexity index is 336. The summed E-state index contributed by atoms with van der Waals surface area (Å²) in [4.78, 5) is 4.53. The van der Waals surface area contributed by atoms with Crippen molar-refractivity contribution in [2.24, 2.45) is 0 Å². The third-order valence-corrected chi connectivity index (χ3v) is 3.14. The zero-order valence-electron chi connectivity index (χ0n) is 12.2. The van der Waals surface area contributed by atoms with Gasteiger partial charge in [0.2, 0.25) is 5.95 Å². The largest absolute Gasteiger partial charge is 0.383 e. The maximum Gasteiger partial charge on any atom is 0.203 e. The van der Waals surface area contributed by atoms with Crippen molar-refractivity contribution >= 4 is 5.95 Å². The van der Waals surface area contributed by atoms with Crippen molar-refractivity contribution in [2.45, 2.75) is 52.5 Å². The second-order valence-corrected chi connectivity index (χ2v) is 4.88. The number of imidazole rings is 1. The average Bonchev–Trinajstić information content (AvgIpc) is 2.71. The van der Waals surface area contributed by atoms with Crippen molar-refractivity contribution in [3.8, 4) is 0 Å². The van der Waals surface area contributed by atoms with Crippen molar-refractivity contribution in [3.05, 3.63) is 11.9 Å². The lowest BCUT2D eigenvalue weighted by Crippen LogP contribution is -2.14. The Hall–Kier alpha value is -1.03. The predicted octanol–water partition coefficient (Wildman–Crippen LogP) is 3.39. The normalized spacial score (nSPS) is 12.7. The molecular weight excluding hydrogens is 226 g/mol. The molecule has 1 rings (SSSR count). The zero-order valence-corrected chi connectivity index (χ0v) is 12.2. The lowest BCUT2D eigenvalue weighted by Gasteiger charge is -2.16. The van der Waals surface area contributed by atoms with E-state index < -0.39 is 0 Å². The minimum absolute atomic E-state index is 0.503. The minimum atomic E-state index is 0.503. The second-order valence-electron chi connectivity index (χ2n) is 4.88. The van der Waals surface area contributed by atoms with Crippen molar-refractivity contribution in [1.82, 2.24) is 9.55 Å². The molecule has 0 radical (unpaired) electrons. The van der Waals surface area contributed by atoms with Crippen LogP contribution in [0.25, 0.3) is 0 Å². The van der Waals surface area contributed by atoms with Crippen LogP contribution in [0.2, 0.25) is 0 Å². The summed E-state index contributed by atoms with van der Waals surface area (Å²) >= 11 is 0. The Balaban J connectivity index is 2.56. The first-order valence-electron chi connectivity index (χ1n) is 6.97. The van der Waals surface area contributed by atoms with Crippen LogP contribution in [0.1, 0.15) is 51.3 Å². The third-order valence-electron chi connectivity index (χ3n) is 3.14. The Morgan fingerprint density at radius 1 is 1.44 bits per heavy atom. The van der Waals surface area contributed by atoms with Crippen LogP contribution in [0.3, 0.4) is 0 Å². The van der Waals surface area contributed by atoms with Gasteiger partial charge in [-0.25, -0.2) is 4.98 Å². The van der Waals surface area contributed by atoms with Gasteiger partial charge in [-0.15, -0.1) is 0 Å². The number of aryl methyl sites for hydroxylation is 1. The molecule has 1 heterocycles. The van der Waals surface area contributed by atoms with Gasteiger partial charge in [-0.2, -0.15) is 0 Å². The highest BCUT2D eigenvalue weighted by molar-refractivity contribution is 5.29. The molecule has 104 valence electrons. The summed E-state index contributed by atoms with van der Waals surface area (Å²) in [5.74, 6) is 0.966. The number of nitrogens with one attached hydrogen (secondary N) is 1. The van der Waals surface area contributed by atoms with Crippen LogP contribution in [0.5, 0.6) is 0 Å². The first-order valence-corrected chi connectivity index (χ1v) is 6.97. The Morgan fingerprint density at radius 3 is 2.89 bits per heavy atom. The predicted molar refractivity (Wildman–Crippen MR) is 76.2 cm³/mol. The number of methoxy groups -OCH3 is 1. The fourth-order valence-electron chi connectivity index (χ4n) is 2.08. The molecule has 18 heavy (non-hydrogen) atoms. The number of ether oxygens (including phenoxy) is 1. The molecule has 1 atom stereocenters. The van der Waals surface area contributed by atoms with Crippen LogP contribution in [-0.2, 0) is 4.74 Å². The fourth-order valence-corrected chi connectivity index (χ4v) is 2.08. The Labute approximate surface area is 111 Å². The number of hydrogen-bond acceptors (Lipinski definition) is 3. The fraction of sp³-hybridized carbons (Fsp3) is 0.786.